The van der Waals surface area contributed by atoms with E-state index in [-0.39, 0.29) is 0 Å². The van der Waals surface area contributed by atoms with Gasteiger partial charge in [0.15, 0.2) is 0 Å². The molecule has 7 heteroatoms. The van der Waals surface area contributed by atoms with E-state index in [1.165, 1.54) is 57.8 Å². The molecule has 7 nitrogen and oxygen atoms in total. The first-order chi connectivity index (χ1) is 12.0. The third-order valence-corrected chi connectivity index (χ3v) is 4.71. The number of hydrogen-bond acceptors (Lipinski definition) is 5. The molecule has 0 fully saturated rings. The predicted molar refractivity (Wildman–Crippen MR) is 101 cm³/mol. The Morgan fingerprint density at radius 3 is 1.76 bits per heavy atom. The number of aliphatic hydroxyl groups excluding tert-OH is 3. The van der Waals surface area contributed by atoms with Crippen molar-refractivity contribution < 1.29 is 15.3 Å². The van der Waals surface area contributed by atoms with Crippen LogP contribution in [0.5, 0.6) is 0 Å². The number of hydrogen-bond donors (Lipinski definition) is 4. The van der Waals surface area contributed by atoms with Crippen molar-refractivity contribution in [3.63, 3.8) is 0 Å². The van der Waals surface area contributed by atoms with Crippen molar-refractivity contribution in [2.24, 2.45) is 10.8 Å². The number of nitrogens with zero attached hydrogens (tertiary/aromatic N) is 3. The topological polar surface area (TPSA) is 135 Å². The molecule has 0 aromatic heterocycles. The van der Waals surface area contributed by atoms with Gasteiger partial charge in [-0.3, -0.25) is 0 Å². The fourth-order valence-corrected chi connectivity index (χ4v) is 2.95. The average molecular weight is 359 g/mol. The van der Waals surface area contributed by atoms with E-state index < -0.39 is 24.5 Å². The highest BCUT2D eigenvalue weighted by molar-refractivity contribution is 4.92. The Morgan fingerprint density at radius 1 is 0.920 bits per heavy atom. The summed E-state index contributed by atoms with van der Waals surface area (Å²) in [5.41, 5.74) is 12.2. The van der Waals surface area contributed by atoms with Gasteiger partial charge >= 0.3 is 0 Å². The Balaban J connectivity index is 3.63. The van der Waals surface area contributed by atoms with Crippen molar-refractivity contribution in [1.82, 2.24) is 0 Å². The first kappa shape index (κ1) is 24.1. The summed E-state index contributed by atoms with van der Waals surface area (Å²) in [7, 11) is 0. The molecule has 0 saturated carbocycles. The lowest BCUT2D eigenvalue weighted by molar-refractivity contribution is -0.0474. The number of unbranched alkanes of at least 4 members (excludes halogenated alkanes) is 11. The number of aliphatic hydroxyl groups is 3. The molecule has 0 rings (SSSR count). The second kappa shape index (κ2) is 15.4. The Hall–Kier alpha value is -0.850. The van der Waals surface area contributed by atoms with Crippen LogP contribution in [-0.4, -0.2) is 39.8 Å². The van der Waals surface area contributed by atoms with Crippen LogP contribution in [0.1, 0.15) is 90.4 Å². The Kier molecular flexibility index (Phi) is 14.9. The number of nitrogens with two attached hydrogens (primary N) is 1. The van der Waals surface area contributed by atoms with Gasteiger partial charge < -0.3 is 21.1 Å². The molecule has 5 N–H and O–H groups in total. The summed E-state index contributed by atoms with van der Waals surface area (Å²) in [4.78, 5) is 2.52. The van der Waals surface area contributed by atoms with Crippen molar-refractivity contribution in [2.75, 3.05) is 6.61 Å². The Labute approximate surface area is 152 Å². The normalized spacial score (nSPS) is 16.0. The largest absolute Gasteiger partial charge is 0.394 e. The summed E-state index contributed by atoms with van der Waals surface area (Å²) < 4.78 is 0. The van der Waals surface area contributed by atoms with E-state index in [9.17, 15) is 10.2 Å². The van der Waals surface area contributed by atoms with Crippen LogP contribution in [0.25, 0.3) is 10.4 Å². The summed E-state index contributed by atoms with van der Waals surface area (Å²) in [6.45, 7) is 1.52. The van der Waals surface area contributed by atoms with Crippen molar-refractivity contribution in [3.8, 4) is 0 Å². The maximum absolute atomic E-state index is 9.95. The summed E-state index contributed by atoms with van der Waals surface area (Å²) in [6, 6.07) is 0. The zero-order valence-electron chi connectivity index (χ0n) is 15.8. The van der Waals surface area contributed by atoms with Crippen LogP contribution in [0.2, 0.25) is 0 Å². The SMILES string of the molecule is CCCCCCCCCCCCCC[C@@H](O)[C@@H](O)[C@@](N)(CO)N=[N+]=[N-]. The minimum atomic E-state index is -1.87. The summed E-state index contributed by atoms with van der Waals surface area (Å²) in [5.74, 6) is 0. The van der Waals surface area contributed by atoms with Gasteiger partial charge in [-0.2, -0.15) is 0 Å². The van der Waals surface area contributed by atoms with Gasteiger partial charge in [0, 0.05) is 4.91 Å². The molecule has 25 heavy (non-hydrogen) atoms. The van der Waals surface area contributed by atoms with Crippen molar-refractivity contribution >= 4 is 0 Å². The second-order valence-electron chi connectivity index (χ2n) is 7.03. The van der Waals surface area contributed by atoms with Gasteiger partial charge in [-0.05, 0) is 12.0 Å². The predicted octanol–water partition coefficient (Wildman–Crippen LogP) is 3.76. The molecule has 0 aliphatic rings. The zero-order chi connectivity index (χ0) is 19.0. The highest BCUT2D eigenvalue weighted by Gasteiger charge is 2.37. The molecule has 0 aromatic rings. The number of rotatable bonds is 17. The smallest absolute Gasteiger partial charge is 0.147 e. The van der Waals surface area contributed by atoms with E-state index in [2.05, 4.69) is 16.9 Å². The third kappa shape index (κ3) is 11.4. The molecule has 148 valence electrons. The fraction of sp³-hybridized carbons (Fsp3) is 1.00. The lowest BCUT2D eigenvalue weighted by Gasteiger charge is -2.30. The minimum absolute atomic E-state index is 0.374. The molecule has 0 spiro atoms. The van der Waals surface area contributed by atoms with Crippen LogP contribution in [0.15, 0.2) is 5.11 Å². The van der Waals surface area contributed by atoms with Crippen LogP contribution >= 0.6 is 0 Å². The van der Waals surface area contributed by atoms with Gasteiger partial charge in [0.25, 0.3) is 0 Å². The molecule has 3 atom stereocenters. The van der Waals surface area contributed by atoms with Crippen LogP contribution in [-0.2, 0) is 0 Å². The molecule has 0 aliphatic carbocycles. The lowest BCUT2D eigenvalue weighted by Crippen LogP contribution is -2.56. The Bertz CT molecular complexity index is 364. The van der Waals surface area contributed by atoms with E-state index in [0.717, 1.165) is 19.3 Å². The Morgan fingerprint density at radius 2 is 1.36 bits per heavy atom. The molecule has 0 heterocycles. The molecule has 0 aliphatic heterocycles. The molecule has 0 amide bonds. The van der Waals surface area contributed by atoms with Gasteiger partial charge in [0.05, 0.1) is 12.7 Å². The van der Waals surface area contributed by atoms with Crippen LogP contribution in [0.3, 0.4) is 0 Å². The van der Waals surface area contributed by atoms with Crippen molar-refractivity contribution in [3.05, 3.63) is 10.4 Å². The average Bonchev–Trinajstić information content (AvgIpc) is 2.61. The standard InChI is InChI=1S/C18H38N4O3/c1-2-3-4-5-6-7-8-9-10-11-12-13-14-16(24)17(25)18(19,15-23)21-22-20/h16-17,23-25H,2-15,19H2,1H3/t16-,17-,18-/m1/s1. The monoisotopic (exact) mass is 358 g/mol. The van der Waals surface area contributed by atoms with E-state index in [1.54, 1.807) is 0 Å². The molecular formula is C18H38N4O3. The van der Waals surface area contributed by atoms with E-state index >= 15 is 0 Å². The van der Waals surface area contributed by atoms with Crippen molar-refractivity contribution in [2.45, 2.75) is 108 Å². The van der Waals surface area contributed by atoms with Crippen molar-refractivity contribution in [1.29, 1.82) is 0 Å². The summed E-state index contributed by atoms with van der Waals surface area (Å²) in [5, 5.41) is 32.2. The van der Waals surface area contributed by atoms with Gasteiger partial charge in [-0.1, -0.05) is 89.1 Å². The zero-order valence-corrected chi connectivity index (χ0v) is 15.8. The van der Waals surface area contributed by atoms with Crippen LogP contribution < -0.4 is 5.73 Å². The first-order valence-electron chi connectivity index (χ1n) is 9.84. The van der Waals surface area contributed by atoms with Gasteiger partial charge in [-0.15, -0.1) is 0 Å². The molecule has 0 saturated heterocycles. The van der Waals surface area contributed by atoms with Gasteiger partial charge in [0.2, 0.25) is 0 Å². The maximum Gasteiger partial charge on any atom is 0.147 e. The minimum Gasteiger partial charge on any atom is -0.394 e. The summed E-state index contributed by atoms with van der Waals surface area (Å²) in [6.07, 6.45) is 12.5. The highest BCUT2D eigenvalue weighted by atomic mass is 16.3. The second-order valence-corrected chi connectivity index (χ2v) is 7.03. The van der Waals surface area contributed by atoms with E-state index in [1.807, 2.05) is 0 Å². The first-order valence-corrected chi connectivity index (χ1v) is 9.84. The highest BCUT2D eigenvalue weighted by Crippen LogP contribution is 2.18. The van der Waals surface area contributed by atoms with Crippen LogP contribution in [0, 0.1) is 0 Å². The molecule has 0 bridgehead atoms. The lowest BCUT2D eigenvalue weighted by atomic mass is 9.96. The third-order valence-electron chi connectivity index (χ3n) is 4.71. The molecule has 0 radical (unpaired) electrons. The van der Waals surface area contributed by atoms with E-state index in [0.29, 0.717) is 6.42 Å². The maximum atomic E-state index is 9.95. The molecule has 0 aromatic carbocycles. The number of azide groups is 1. The summed E-state index contributed by atoms with van der Waals surface area (Å²) >= 11 is 0. The van der Waals surface area contributed by atoms with Crippen LogP contribution in [0.4, 0.5) is 0 Å². The fourth-order valence-electron chi connectivity index (χ4n) is 2.95. The van der Waals surface area contributed by atoms with E-state index in [4.69, 9.17) is 16.4 Å². The molecular weight excluding hydrogens is 320 g/mol. The quantitative estimate of drug-likeness (QED) is 0.136. The van der Waals surface area contributed by atoms with Gasteiger partial charge in [-0.25, -0.2) is 0 Å². The molecule has 0 unspecified atom stereocenters. The van der Waals surface area contributed by atoms with Gasteiger partial charge in [0.1, 0.15) is 11.8 Å².